The number of nitrogens with one attached hydrogen (secondary N) is 1. The van der Waals surface area contributed by atoms with Gasteiger partial charge in [0.25, 0.3) is 0 Å². The highest BCUT2D eigenvalue weighted by molar-refractivity contribution is 5.42. The zero-order chi connectivity index (χ0) is 14.7. The Bertz CT molecular complexity index is 484. The Labute approximate surface area is 125 Å². The highest BCUT2D eigenvalue weighted by atomic mass is 16.5. The maximum atomic E-state index is 5.81. The quantitative estimate of drug-likeness (QED) is 0.782. The number of nitrogen functional groups attached to an aromatic ring is 1. The molecule has 1 aliphatic heterocycles. The third-order valence-corrected chi connectivity index (χ3v) is 4.44. The van der Waals surface area contributed by atoms with Gasteiger partial charge in [-0.2, -0.15) is 15.0 Å². The highest BCUT2D eigenvalue weighted by Gasteiger charge is 2.41. The summed E-state index contributed by atoms with van der Waals surface area (Å²) in [6.45, 7) is 3.68. The topological polar surface area (TPSA) is 89.2 Å². The lowest BCUT2D eigenvalue weighted by Crippen LogP contribution is -2.23. The van der Waals surface area contributed by atoms with Crippen molar-refractivity contribution in [2.45, 2.75) is 32.1 Å². The summed E-state index contributed by atoms with van der Waals surface area (Å²) >= 11 is 0. The maximum Gasteiger partial charge on any atom is 0.231 e. The van der Waals surface area contributed by atoms with Crippen molar-refractivity contribution in [2.24, 2.45) is 5.41 Å². The average Bonchev–Trinajstić information content (AvgIpc) is 3.03. The molecular formula is C14H24N6O. The third kappa shape index (κ3) is 3.53. The van der Waals surface area contributed by atoms with E-state index < -0.39 is 0 Å². The van der Waals surface area contributed by atoms with Gasteiger partial charge < -0.3 is 20.7 Å². The summed E-state index contributed by atoms with van der Waals surface area (Å²) < 4.78 is 5.18. The van der Waals surface area contributed by atoms with Crippen LogP contribution in [0.1, 0.15) is 32.1 Å². The van der Waals surface area contributed by atoms with Gasteiger partial charge >= 0.3 is 0 Å². The third-order valence-electron chi connectivity index (χ3n) is 4.44. The van der Waals surface area contributed by atoms with Crippen LogP contribution in [0.2, 0.25) is 0 Å². The van der Waals surface area contributed by atoms with Crippen LogP contribution >= 0.6 is 0 Å². The Balaban J connectivity index is 1.62. The van der Waals surface area contributed by atoms with Crippen molar-refractivity contribution >= 4 is 17.8 Å². The van der Waals surface area contributed by atoms with E-state index in [1.54, 1.807) is 7.11 Å². The number of methoxy groups -OCH3 is 1. The van der Waals surface area contributed by atoms with Crippen LogP contribution in [0.5, 0.6) is 0 Å². The van der Waals surface area contributed by atoms with Crippen molar-refractivity contribution in [3.8, 4) is 0 Å². The first-order valence-corrected chi connectivity index (χ1v) is 7.70. The molecule has 1 aromatic rings. The SMILES string of the molecule is COCCC1(CNc2nc(N)nc(N3CCCC3)n2)CC1. The second kappa shape index (κ2) is 6.01. The molecule has 1 saturated heterocycles. The van der Waals surface area contributed by atoms with Crippen molar-refractivity contribution in [2.75, 3.05) is 49.3 Å². The van der Waals surface area contributed by atoms with Gasteiger partial charge in [-0.15, -0.1) is 0 Å². The first kappa shape index (κ1) is 14.3. The summed E-state index contributed by atoms with van der Waals surface area (Å²) in [6, 6.07) is 0. The van der Waals surface area contributed by atoms with E-state index in [9.17, 15) is 0 Å². The number of ether oxygens (including phenoxy) is 1. The van der Waals surface area contributed by atoms with Gasteiger partial charge in [-0.05, 0) is 37.5 Å². The molecule has 7 heteroatoms. The van der Waals surface area contributed by atoms with E-state index in [1.165, 1.54) is 25.7 Å². The lowest BCUT2D eigenvalue weighted by atomic mass is 10.0. The van der Waals surface area contributed by atoms with Crippen molar-refractivity contribution in [3.05, 3.63) is 0 Å². The summed E-state index contributed by atoms with van der Waals surface area (Å²) in [4.78, 5) is 15.1. The van der Waals surface area contributed by atoms with E-state index in [0.29, 0.717) is 17.3 Å². The molecule has 0 atom stereocenters. The molecule has 0 unspecified atom stereocenters. The summed E-state index contributed by atoms with van der Waals surface area (Å²) in [7, 11) is 1.75. The van der Waals surface area contributed by atoms with E-state index in [-0.39, 0.29) is 5.95 Å². The Morgan fingerprint density at radius 1 is 1.24 bits per heavy atom. The van der Waals surface area contributed by atoms with Crippen molar-refractivity contribution < 1.29 is 4.74 Å². The lowest BCUT2D eigenvalue weighted by Gasteiger charge is -2.18. The van der Waals surface area contributed by atoms with Gasteiger partial charge in [0.05, 0.1) is 0 Å². The number of anilines is 3. The smallest absolute Gasteiger partial charge is 0.231 e. The molecule has 0 spiro atoms. The number of hydrogen-bond acceptors (Lipinski definition) is 7. The molecule has 21 heavy (non-hydrogen) atoms. The van der Waals surface area contributed by atoms with Gasteiger partial charge in [-0.1, -0.05) is 0 Å². The standard InChI is InChI=1S/C14H24N6O/c1-21-9-6-14(4-5-14)10-16-12-17-11(15)18-13(19-12)20-7-2-3-8-20/h2-10H2,1H3,(H3,15,16,17,18,19). The fraction of sp³-hybridized carbons (Fsp3) is 0.786. The molecule has 2 aliphatic rings. The molecule has 0 aromatic carbocycles. The minimum Gasteiger partial charge on any atom is -0.385 e. The molecule has 116 valence electrons. The summed E-state index contributed by atoms with van der Waals surface area (Å²) in [5, 5.41) is 3.34. The van der Waals surface area contributed by atoms with Gasteiger partial charge in [0.15, 0.2) is 0 Å². The second-order valence-electron chi connectivity index (χ2n) is 6.11. The number of nitrogens with two attached hydrogens (primary N) is 1. The largest absolute Gasteiger partial charge is 0.385 e. The van der Waals surface area contributed by atoms with Crippen molar-refractivity contribution in [1.82, 2.24) is 15.0 Å². The monoisotopic (exact) mass is 292 g/mol. The van der Waals surface area contributed by atoms with Crippen LogP contribution in [0.25, 0.3) is 0 Å². The van der Waals surface area contributed by atoms with E-state index in [0.717, 1.165) is 32.7 Å². The van der Waals surface area contributed by atoms with E-state index in [2.05, 4.69) is 25.2 Å². The van der Waals surface area contributed by atoms with Gasteiger partial charge in [0.1, 0.15) is 0 Å². The Hall–Kier alpha value is -1.63. The molecule has 1 saturated carbocycles. The second-order valence-corrected chi connectivity index (χ2v) is 6.11. The first-order valence-electron chi connectivity index (χ1n) is 7.70. The molecule has 1 aliphatic carbocycles. The van der Waals surface area contributed by atoms with Gasteiger partial charge in [-0.25, -0.2) is 0 Å². The summed E-state index contributed by atoms with van der Waals surface area (Å²) in [6.07, 6.45) is 5.94. The van der Waals surface area contributed by atoms with Crippen LogP contribution in [0.4, 0.5) is 17.8 Å². The minimum atomic E-state index is 0.288. The molecule has 2 fully saturated rings. The molecule has 3 N–H and O–H groups in total. The van der Waals surface area contributed by atoms with Crippen LogP contribution in [-0.4, -0.2) is 48.3 Å². The molecule has 1 aromatic heterocycles. The van der Waals surface area contributed by atoms with Crippen molar-refractivity contribution in [3.63, 3.8) is 0 Å². The lowest BCUT2D eigenvalue weighted by molar-refractivity contribution is 0.175. The fourth-order valence-corrected chi connectivity index (χ4v) is 2.80. The number of nitrogens with zero attached hydrogens (tertiary/aromatic N) is 4. The highest BCUT2D eigenvalue weighted by Crippen LogP contribution is 2.48. The van der Waals surface area contributed by atoms with Crippen LogP contribution in [-0.2, 0) is 4.74 Å². The van der Waals surface area contributed by atoms with Crippen LogP contribution in [0.15, 0.2) is 0 Å². The number of rotatable bonds is 7. The minimum absolute atomic E-state index is 0.288. The number of hydrogen-bond donors (Lipinski definition) is 2. The van der Waals surface area contributed by atoms with Crippen LogP contribution < -0.4 is 16.0 Å². The molecule has 0 bridgehead atoms. The molecular weight excluding hydrogens is 268 g/mol. The molecule has 2 heterocycles. The Morgan fingerprint density at radius 2 is 2.00 bits per heavy atom. The molecule has 7 nitrogen and oxygen atoms in total. The van der Waals surface area contributed by atoms with Crippen LogP contribution in [0.3, 0.4) is 0 Å². The normalized spacial score (nSPS) is 19.8. The zero-order valence-electron chi connectivity index (χ0n) is 12.6. The molecule has 0 amide bonds. The van der Waals surface area contributed by atoms with Crippen molar-refractivity contribution in [1.29, 1.82) is 0 Å². The van der Waals surface area contributed by atoms with E-state index in [1.807, 2.05) is 0 Å². The summed E-state index contributed by atoms with van der Waals surface area (Å²) in [5.74, 6) is 1.58. The summed E-state index contributed by atoms with van der Waals surface area (Å²) in [5.41, 5.74) is 6.17. The fourth-order valence-electron chi connectivity index (χ4n) is 2.80. The number of aromatic nitrogens is 3. The zero-order valence-corrected chi connectivity index (χ0v) is 12.6. The molecule has 0 radical (unpaired) electrons. The van der Waals surface area contributed by atoms with E-state index in [4.69, 9.17) is 10.5 Å². The maximum absolute atomic E-state index is 5.81. The van der Waals surface area contributed by atoms with Gasteiger partial charge in [0.2, 0.25) is 17.8 Å². The molecule has 3 rings (SSSR count). The Kier molecular flexibility index (Phi) is 4.10. The Morgan fingerprint density at radius 3 is 2.67 bits per heavy atom. The predicted octanol–water partition coefficient (Wildman–Crippen LogP) is 1.28. The van der Waals surface area contributed by atoms with Gasteiger partial charge in [-0.3, -0.25) is 0 Å². The average molecular weight is 292 g/mol. The van der Waals surface area contributed by atoms with Crippen LogP contribution in [0, 0.1) is 5.41 Å². The first-order chi connectivity index (χ1) is 10.2. The van der Waals surface area contributed by atoms with E-state index >= 15 is 0 Å². The predicted molar refractivity (Wildman–Crippen MR) is 82.3 cm³/mol. The van der Waals surface area contributed by atoms with Gasteiger partial charge in [0, 0.05) is 33.4 Å².